The maximum atomic E-state index is 10.1. The monoisotopic (exact) mass is 245 g/mol. The summed E-state index contributed by atoms with van der Waals surface area (Å²) < 4.78 is 0. The van der Waals surface area contributed by atoms with Gasteiger partial charge in [-0.05, 0) is 49.3 Å². The molecule has 2 rings (SSSR count). The molecule has 2 N–H and O–H groups in total. The zero-order valence-electron chi connectivity index (χ0n) is 10.3. The lowest BCUT2D eigenvalue weighted by Gasteiger charge is -2.20. The molecule has 1 aliphatic rings. The summed E-state index contributed by atoms with van der Waals surface area (Å²) in [7, 11) is 0. The molecular formula is C15H17O3. The molecule has 95 valence electrons. The quantitative estimate of drug-likeness (QED) is 0.633. The van der Waals surface area contributed by atoms with Crippen LogP contribution in [-0.2, 0) is 17.6 Å². The minimum Gasteiger partial charge on any atom is -0.504 e. The van der Waals surface area contributed by atoms with Crippen LogP contribution in [0, 0.1) is 0 Å². The third kappa shape index (κ3) is 2.55. The fourth-order valence-electron chi connectivity index (χ4n) is 2.44. The summed E-state index contributed by atoms with van der Waals surface area (Å²) in [6.45, 7) is 0. The maximum absolute atomic E-state index is 10.1. The van der Waals surface area contributed by atoms with Crippen LogP contribution in [0.4, 0.5) is 0 Å². The summed E-state index contributed by atoms with van der Waals surface area (Å²) in [6, 6.07) is 1.60. The highest BCUT2D eigenvalue weighted by Gasteiger charge is 2.18. The van der Waals surface area contributed by atoms with Crippen LogP contribution in [0.2, 0.25) is 0 Å². The zero-order valence-corrected chi connectivity index (χ0v) is 10.3. The van der Waals surface area contributed by atoms with E-state index in [-0.39, 0.29) is 11.5 Å². The number of fused-ring (bicyclic) bond motifs is 1. The van der Waals surface area contributed by atoms with E-state index in [9.17, 15) is 15.0 Å². The Morgan fingerprint density at radius 1 is 1.22 bits per heavy atom. The van der Waals surface area contributed by atoms with Crippen LogP contribution in [0.1, 0.15) is 42.4 Å². The van der Waals surface area contributed by atoms with Crippen molar-refractivity contribution in [3.05, 3.63) is 28.8 Å². The smallest absolute Gasteiger partial charge is 0.198 e. The number of hydrogen-bond donors (Lipinski definition) is 2. The lowest BCUT2D eigenvalue weighted by atomic mass is 9.87. The van der Waals surface area contributed by atoms with Gasteiger partial charge in [0.2, 0.25) is 0 Å². The maximum Gasteiger partial charge on any atom is 0.198 e. The van der Waals surface area contributed by atoms with Crippen LogP contribution in [-0.4, -0.2) is 16.5 Å². The topological polar surface area (TPSA) is 57.5 Å². The number of benzene rings is 1. The molecule has 18 heavy (non-hydrogen) atoms. The third-order valence-electron chi connectivity index (χ3n) is 3.35. The van der Waals surface area contributed by atoms with Crippen molar-refractivity contribution in [2.75, 3.05) is 0 Å². The van der Waals surface area contributed by atoms with Gasteiger partial charge in [0.1, 0.15) is 0 Å². The van der Waals surface area contributed by atoms with Gasteiger partial charge in [0, 0.05) is 12.0 Å². The van der Waals surface area contributed by atoms with E-state index in [4.69, 9.17) is 0 Å². The van der Waals surface area contributed by atoms with Crippen LogP contribution >= 0.6 is 0 Å². The summed E-state index contributed by atoms with van der Waals surface area (Å²) in [5.74, 6) is -0.0275. The minimum absolute atomic E-state index is 0.0306. The highest BCUT2D eigenvalue weighted by molar-refractivity contribution is 5.64. The molecule has 0 fully saturated rings. The fourth-order valence-corrected chi connectivity index (χ4v) is 2.44. The first-order valence-corrected chi connectivity index (χ1v) is 6.32. The van der Waals surface area contributed by atoms with E-state index >= 15 is 0 Å². The van der Waals surface area contributed by atoms with Gasteiger partial charge in [0.15, 0.2) is 17.8 Å². The summed E-state index contributed by atoms with van der Waals surface area (Å²) in [5.41, 5.74) is 2.96. The molecule has 0 aromatic heterocycles. The summed E-state index contributed by atoms with van der Waals surface area (Å²) in [6.07, 6.45) is 10.6. The first-order valence-electron chi connectivity index (χ1n) is 6.32. The minimum atomic E-state index is -0.0581. The Kier molecular flexibility index (Phi) is 4.03. The second-order valence-corrected chi connectivity index (χ2v) is 4.58. The predicted molar refractivity (Wildman–Crippen MR) is 70.4 cm³/mol. The number of allylic oxidation sites excluding steroid dienone is 1. The second-order valence-electron chi connectivity index (χ2n) is 4.58. The molecule has 1 aromatic rings. The molecule has 0 spiro atoms. The zero-order chi connectivity index (χ0) is 13.0. The molecule has 0 bridgehead atoms. The van der Waals surface area contributed by atoms with Gasteiger partial charge in [0.25, 0.3) is 0 Å². The molecule has 3 heteroatoms. The number of carbonyl (C=O) groups excluding carboxylic acids is 1. The lowest BCUT2D eigenvalue weighted by Crippen LogP contribution is -2.05. The Balaban J connectivity index is 2.32. The van der Waals surface area contributed by atoms with Crippen LogP contribution in [0.25, 0.3) is 6.08 Å². The van der Waals surface area contributed by atoms with Crippen molar-refractivity contribution in [1.29, 1.82) is 0 Å². The van der Waals surface area contributed by atoms with Crippen molar-refractivity contribution in [3.63, 3.8) is 0 Å². The van der Waals surface area contributed by atoms with Gasteiger partial charge in [-0.25, -0.2) is 0 Å². The van der Waals surface area contributed by atoms with Crippen LogP contribution in [0.15, 0.2) is 12.1 Å². The normalized spacial score (nSPS) is 14.7. The Morgan fingerprint density at radius 3 is 2.67 bits per heavy atom. The van der Waals surface area contributed by atoms with Crippen molar-refractivity contribution >= 4 is 12.4 Å². The van der Waals surface area contributed by atoms with Gasteiger partial charge in [-0.2, -0.15) is 0 Å². The molecule has 1 aromatic carbocycles. The van der Waals surface area contributed by atoms with E-state index in [1.54, 1.807) is 6.07 Å². The Labute approximate surface area is 107 Å². The van der Waals surface area contributed by atoms with E-state index in [0.717, 1.165) is 42.4 Å². The first-order chi connectivity index (χ1) is 8.74. The van der Waals surface area contributed by atoms with Gasteiger partial charge in [-0.1, -0.05) is 12.2 Å². The summed E-state index contributed by atoms with van der Waals surface area (Å²) in [4.78, 5) is 10.1. The van der Waals surface area contributed by atoms with Gasteiger partial charge in [-0.15, -0.1) is 0 Å². The summed E-state index contributed by atoms with van der Waals surface area (Å²) >= 11 is 0. The molecule has 0 amide bonds. The number of rotatable bonds is 4. The number of phenols is 2. The Morgan fingerprint density at radius 2 is 1.94 bits per heavy atom. The van der Waals surface area contributed by atoms with Gasteiger partial charge >= 0.3 is 0 Å². The van der Waals surface area contributed by atoms with Crippen LogP contribution in [0.3, 0.4) is 0 Å². The first kappa shape index (κ1) is 12.7. The fraction of sp³-hybridized carbons (Fsp3) is 0.400. The largest absolute Gasteiger partial charge is 0.504 e. The molecule has 0 heterocycles. The number of phenolic OH excluding ortho intramolecular Hbond substituents is 2. The second kappa shape index (κ2) is 5.71. The Bertz CT molecular complexity index is 475. The van der Waals surface area contributed by atoms with Crippen molar-refractivity contribution in [3.8, 4) is 11.5 Å². The number of unbranched alkanes of at least 4 members (excludes halogenated alkanes) is 1. The highest BCUT2D eigenvalue weighted by Crippen LogP contribution is 2.38. The molecule has 3 nitrogen and oxygen atoms in total. The molecule has 0 saturated heterocycles. The van der Waals surface area contributed by atoms with E-state index in [1.165, 1.54) is 0 Å². The van der Waals surface area contributed by atoms with E-state index < -0.39 is 0 Å². The van der Waals surface area contributed by atoms with Crippen LogP contribution < -0.4 is 0 Å². The SMILES string of the molecule is O=[C]CCC=Cc1cc(O)c(O)c2c1CCCC2. The van der Waals surface area contributed by atoms with Gasteiger partial charge < -0.3 is 10.2 Å². The average Bonchev–Trinajstić information content (AvgIpc) is 2.40. The molecule has 0 aliphatic heterocycles. The molecular weight excluding hydrogens is 228 g/mol. The molecule has 1 radical (unpaired) electrons. The Hall–Kier alpha value is -1.77. The average molecular weight is 245 g/mol. The van der Waals surface area contributed by atoms with Gasteiger partial charge in [-0.3, -0.25) is 4.79 Å². The predicted octanol–water partition coefficient (Wildman–Crippen LogP) is 2.88. The standard InChI is InChI=1S/C15H17O3/c16-9-5-1-2-6-11-10-14(17)15(18)13-8-4-3-7-12(11)13/h2,6,10,17-18H,1,3-5,7-8H2. The van der Waals surface area contributed by atoms with Crippen LogP contribution in [0.5, 0.6) is 11.5 Å². The van der Waals surface area contributed by atoms with Crippen molar-refractivity contribution in [1.82, 2.24) is 0 Å². The van der Waals surface area contributed by atoms with E-state index in [0.29, 0.717) is 12.8 Å². The van der Waals surface area contributed by atoms with E-state index in [2.05, 4.69) is 0 Å². The van der Waals surface area contributed by atoms with Crippen molar-refractivity contribution in [2.24, 2.45) is 0 Å². The molecule has 0 saturated carbocycles. The number of hydrogen-bond acceptors (Lipinski definition) is 3. The molecule has 0 atom stereocenters. The summed E-state index contributed by atoms with van der Waals surface area (Å²) in [5, 5.41) is 19.6. The molecule has 1 aliphatic carbocycles. The highest BCUT2D eigenvalue weighted by atomic mass is 16.3. The molecule has 0 unspecified atom stereocenters. The number of aromatic hydroxyl groups is 2. The van der Waals surface area contributed by atoms with Gasteiger partial charge in [0.05, 0.1) is 0 Å². The third-order valence-corrected chi connectivity index (χ3v) is 3.35. The van der Waals surface area contributed by atoms with Crippen molar-refractivity contribution < 1.29 is 15.0 Å². The lowest BCUT2D eigenvalue weighted by molar-refractivity contribution is 0.396. The van der Waals surface area contributed by atoms with Crippen molar-refractivity contribution in [2.45, 2.75) is 38.5 Å². The van der Waals surface area contributed by atoms with E-state index in [1.807, 2.05) is 18.4 Å².